The molecule has 1 aliphatic heterocycles. The van der Waals surface area contributed by atoms with E-state index >= 15 is 0 Å². The van der Waals surface area contributed by atoms with Gasteiger partial charge in [0.25, 0.3) is 5.91 Å². The minimum atomic E-state index is -0.396. The van der Waals surface area contributed by atoms with Gasteiger partial charge in [-0.15, -0.1) is 0 Å². The summed E-state index contributed by atoms with van der Waals surface area (Å²) in [4.78, 5) is 41.1. The van der Waals surface area contributed by atoms with Gasteiger partial charge in [0.05, 0.1) is 30.3 Å². The Kier molecular flexibility index (Phi) is 5.58. The van der Waals surface area contributed by atoms with Crippen molar-refractivity contribution in [2.24, 2.45) is 23.7 Å². The number of carbonyl (C=O) groups excluding carboxylic acids is 3. The first kappa shape index (κ1) is 21.9. The van der Waals surface area contributed by atoms with Crippen molar-refractivity contribution in [1.82, 2.24) is 0 Å². The van der Waals surface area contributed by atoms with Gasteiger partial charge in [0.15, 0.2) is 0 Å². The van der Waals surface area contributed by atoms with E-state index in [2.05, 4.69) is 37.2 Å². The first-order chi connectivity index (χ1) is 15.3. The van der Waals surface area contributed by atoms with Crippen LogP contribution in [-0.4, -0.2) is 34.5 Å². The molecule has 2 bridgehead atoms. The fraction of sp³-hybridized carbons (Fsp3) is 0.348. The molecule has 166 valence electrons. The monoisotopic (exact) mass is 580 g/mol. The minimum Gasteiger partial charge on any atom is -0.495 e. The number of carbonyl (C=O) groups is 3. The number of fused-ring (bicyclic) bond motifs is 5. The lowest BCUT2D eigenvalue weighted by molar-refractivity contribution is -0.123. The van der Waals surface area contributed by atoms with Crippen LogP contribution in [-0.2, 0) is 9.59 Å². The largest absolute Gasteiger partial charge is 0.495 e. The average Bonchev–Trinajstić information content (AvgIpc) is 3.39. The van der Waals surface area contributed by atoms with Crippen molar-refractivity contribution in [3.63, 3.8) is 0 Å². The predicted octanol–water partition coefficient (Wildman–Crippen LogP) is 4.88. The molecule has 1 saturated heterocycles. The number of ether oxygens (including phenoxy) is 1. The van der Waals surface area contributed by atoms with Crippen LogP contribution >= 0.6 is 43.5 Å². The first-order valence-corrected chi connectivity index (χ1v) is 12.4. The van der Waals surface area contributed by atoms with Crippen molar-refractivity contribution in [2.75, 3.05) is 17.3 Å². The number of imide groups is 1. The summed E-state index contributed by atoms with van der Waals surface area (Å²) in [6.45, 7) is 0. The molecular weight excluding hydrogens is 564 g/mol. The third kappa shape index (κ3) is 3.30. The van der Waals surface area contributed by atoms with Crippen LogP contribution in [0.15, 0.2) is 42.5 Å². The van der Waals surface area contributed by atoms with Gasteiger partial charge in [-0.05, 0) is 54.7 Å². The summed E-state index contributed by atoms with van der Waals surface area (Å²) in [6, 6.07) is 11.5. The molecule has 1 N–H and O–H groups in total. The molecule has 32 heavy (non-hydrogen) atoms. The Morgan fingerprint density at radius 2 is 1.72 bits per heavy atom. The van der Waals surface area contributed by atoms with E-state index in [0.29, 0.717) is 27.7 Å². The molecule has 6 atom stereocenters. The number of halogens is 3. The van der Waals surface area contributed by atoms with Gasteiger partial charge in [-0.1, -0.05) is 49.5 Å². The summed E-state index contributed by atoms with van der Waals surface area (Å²) in [6.07, 6.45) is 0.871. The van der Waals surface area contributed by atoms with Gasteiger partial charge in [-0.2, -0.15) is 0 Å². The molecule has 0 spiro atoms. The number of methoxy groups -OCH3 is 1. The Bertz CT molecular complexity index is 1110. The standard InChI is InChI=1S/C23H19Br2ClN2O4/c1-32-16-6-5-11(26)8-15(16)27-21(29)10-3-2-4-12(7-10)28-22(30)17-13-9-14(18(17)23(28)31)20(25)19(13)24/h2-8,13-14,17-20H,9H2,1H3,(H,27,29)/t13-,14-,17-,18+,19-,20+/m1/s1. The number of amides is 3. The van der Waals surface area contributed by atoms with E-state index in [4.69, 9.17) is 16.3 Å². The number of hydrogen-bond donors (Lipinski definition) is 1. The zero-order valence-corrected chi connectivity index (χ0v) is 20.9. The lowest BCUT2D eigenvalue weighted by atomic mass is 9.81. The number of alkyl halides is 2. The molecule has 1 heterocycles. The highest BCUT2D eigenvalue weighted by atomic mass is 79.9. The van der Waals surface area contributed by atoms with Gasteiger partial charge >= 0.3 is 0 Å². The topological polar surface area (TPSA) is 75.7 Å². The molecule has 6 nitrogen and oxygen atoms in total. The van der Waals surface area contributed by atoms with Crippen LogP contribution < -0.4 is 15.0 Å². The van der Waals surface area contributed by atoms with Crippen LogP contribution in [0.3, 0.4) is 0 Å². The van der Waals surface area contributed by atoms with Crippen LogP contribution in [0.25, 0.3) is 0 Å². The molecule has 9 heteroatoms. The molecule has 3 aliphatic rings. The van der Waals surface area contributed by atoms with Crippen molar-refractivity contribution >= 4 is 72.6 Å². The quantitative estimate of drug-likeness (QED) is 0.412. The summed E-state index contributed by atoms with van der Waals surface area (Å²) in [5.41, 5.74) is 1.17. The highest BCUT2D eigenvalue weighted by Gasteiger charge is 2.66. The Balaban J connectivity index is 1.42. The maximum absolute atomic E-state index is 13.3. The van der Waals surface area contributed by atoms with E-state index in [-0.39, 0.29) is 45.1 Å². The van der Waals surface area contributed by atoms with E-state index in [0.717, 1.165) is 6.42 Å². The second kappa shape index (κ2) is 8.15. The first-order valence-electron chi connectivity index (χ1n) is 10.2. The number of nitrogens with one attached hydrogen (secondary N) is 1. The van der Waals surface area contributed by atoms with Crippen LogP contribution in [0.2, 0.25) is 5.02 Å². The second-order valence-corrected chi connectivity index (χ2v) is 10.9. The Morgan fingerprint density at radius 3 is 2.34 bits per heavy atom. The maximum atomic E-state index is 13.3. The van der Waals surface area contributed by atoms with Gasteiger partial charge in [0.1, 0.15) is 5.75 Å². The molecule has 2 saturated carbocycles. The number of nitrogens with zero attached hydrogens (tertiary/aromatic N) is 1. The molecule has 2 aromatic carbocycles. The highest BCUT2D eigenvalue weighted by Crippen LogP contribution is 2.60. The van der Waals surface area contributed by atoms with E-state index < -0.39 is 5.91 Å². The van der Waals surface area contributed by atoms with Crippen molar-refractivity contribution in [3.05, 3.63) is 53.1 Å². The summed E-state index contributed by atoms with van der Waals surface area (Å²) >= 11 is 13.4. The summed E-state index contributed by atoms with van der Waals surface area (Å²) < 4.78 is 5.28. The Labute approximate surface area is 206 Å². The minimum absolute atomic E-state index is 0.137. The van der Waals surface area contributed by atoms with Crippen molar-refractivity contribution in [1.29, 1.82) is 0 Å². The molecule has 5 rings (SSSR count). The SMILES string of the molecule is COc1ccc(Cl)cc1NC(=O)c1cccc(N2C(=O)[C@@H]3[C@H]4C[C@@H]([C@H](Br)[C@@H]4Br)[C@@H]3C2=O)c1. The normalized spacial score (nSPS) is 30.6. The summed E-state index contributed by atoms with van der Waals surface area (Å²) in [5, 5.41) is 3.24. The lowest BCUT2D eigenvalue weighted by Gasteiger charge is -2.28. The van der Waals surface area contributed by atoms with Gasteiger partial charge < -0.3 is 10.1 Å². The Hall–Kier alpha value is -1.90. The average molecular weight is 583 g/mol. The van der Waals surface area contributed by atoms with Gasteiger partial charge in [-0.25, -0.2) is 0 Å². The summed E-state index contributed by atoms with van der Waals surface area (Å²) in [5.74, 6) is -0.614. The number of rotatable bonds is 4. The van der Waals surface area contributed by atoms with E-state index in [1.807, 2.05) is 0 Å². The van der Waals surface area contributed by atoms with E-state index in [1.165, 1.54) is 12.0 Å². The highest BCUT2D eigenvalue weighted by molar-refractivity contribution is 9.12. The molecular formula is C23H19Br2ClN2O4. The van der Waals surface area contributed by atoms with Crippen LogP contribution in [0.1, 0.15) is 16.8 Å². The van der Waals surface area contributed by atoms with Crippen LogP contribution in [0, 0.1) is 23.7 Å². The second-order valence-electron chi connectivity index (χ2n) is 8.36. The summed E-state index contributed by atoms with van der Waals surface area (Å²) in [7, 11) is 1.50. The zero-order valence-electron chi connectivity index (χ0n) is 16.9. The molecule has 0 radical (unpaired) electrons. The van der Waals surface area contributed by atoms with Gasteiger partial charge in [0, 0.05) is 20.2 Å². The van der Waals surface area contributed by atoms with E-state index in [1.54, 1.807) is 42.5 Å². The fourth-order valence-electron chi connectivity index (χ4n) is 5.36. The van der Waals surface area contributed by atoms with Crippen molar-refractivity contribution < 1.29 is 19.1 Å². The fourth-order valence-corrected chi connectivity index (χ4v) is 7.41. The molecule has 2 aliphatic carbocycles. The smallest absolute Gasteiger partial charge is 0.255 e. The van der Waals surface area contributed by atoms with Crippen LogP contribution in [0.4, 0.5) is 11.4 Å². The maximum Gasteiger partial charge on any atom is 0.255 e. The van der Waals surface area contributed by atoms with E-state index in [9.17, 15) is 14.4 Å². The zero-order chi connectivity index (χ0) is 22.7. The van der Waals surface area contributed by atoms with Gasteiger partial charge in [0.2, 0.25) is 11.8 Å². The number of hydrogen-bond acceptors (Lipinski definition) is 4. The van der Waals surface area contributed by atoms with Crippen LogP contribution in [0.5, 0.6) is 5.75 Å². The number of anilines is 2. The molecule has 3 amide bonds. The third-order valence-electron chi connectivity index (χ3n) is 6.76. The molecule has 2 aromatic rings. The third-order valence-corrected chi connectivity index (χ3v) is 10.2. The molecule has 3 fully saturated rings. The van der Waals surface area contributed by atoms with Crippen molar-refractivity contribution in [3.8, 4) is 5.75 Å². The predicted molar refractivity (Wildman–Crippen MR) is 129 cm³/mol. The molecule has 0 unspecified atom stereocenters. The lowest BCUT2D eigenvalue weighted by Crippen LogP contribution is -2.37. The molecule has 0 aromatic heterocycles. The number of benzene rings is 2. The Morgan fingerprint density at radius 1 is 1.06 bits per heavy atom. The van der Waals surface area contributed by atoms with Crippen molar-refractivity contribution in [2.45, 2.75) is 16.1 Å². The van der Waals surface area contributed by atoms with Gasteiger partial charge in [-0.3, -0.25) is 19.3 Å².